The summed E-state index contributed by atoms with van der Waals surface area (Å²) in [6, 6.07) is -17.5. The number of aliphatic hydroxyl groups excluding tert-OH is 3. The zero-order chi connectivity index (χ0) is 69.3. The third-order valence-electron chi connectivity index (χ3n) is 14.3. The van der Waals surface area contributed by atoms with Crippen LogP contribution in [0.1, 0.15) is 133 Å². The fraction of sp³-hybridized carbons (Fsp3) is 0.727. The van der Waals surface area contributed by atoms with Crippen molar-refractivity contribution in [3.05, 3.63) is 0 Å². The number of carbonyl (C=O) groups is 15. The van der Waals surface area contributed by atoms with Crippen molar-refractivity contribution in [2.75, 3.05) is 26.3 Å². The molecule has 0 spiro atoms. The Hall–Kier alpha value is -8.15. The molecule has 14 atom stereocenters. The molecule has 0 aromatic carbocycles. The Bertz CT molecular complexity index is 2470. The number of rotatable bonds is 45. The van der Waals surface area contributed by atoms with Gasteiger partial charge >= 0.3 is 11.9 Å². The van der Waals surface area contributed by atoms with Crippen LogP contribution in [0.15, 0.2) is 0 Å². The number of carboxylic acids is 2. The molecule has 0 saturated carbocycles. The molecule has 24 N–H and O–H groups in total. The number of aliphatic carboxylic acids is 2. The summed E-state index contributed by atoms with van der Waals surface area (Å²) in [6.07, 6.45) is -3.51. The maximum absolute atomic E-state index is 13.8. The highest BCUT2D eigenvalue weighted by molar-refractivity contribution is 6.00. The molecule has 0 unspecified atom stereocenters. The molecule has 0 heterocycles. The molecule has 13 amide bonds. The number of unbranched alkanes of at least 4 members (excludes halogenated alkanes) is 1. The summed E-state index contributed by atoms with van der Waals surface area (Å²) >= 11 is 0. The molecular formula is C55H97N15O20. The van der Waals surface area contributed by atoms with Gasteiger partial charge in [0.05, 0.1) is 38.3 Å². The van der Waals surface area contributed by atoms with E-state index >= 15 is 0 Å². The van der Waals surface area contributed by atoms with Crippen LogP contribution in [-0.2, 0) is 71.9 Å². The third-order valence-corrected chi connectivity index (χ3v) is 14.3. The van der Waals surface area contributed by atoms with Gasteiger partial charge in [-0.05, 0) is 75.7 Å². The minimum absolute atomic E-state index is 0.0214. The maximum atomic E-state index is 13.8. The van der Waals surface area contributed by atoms with Crippen molar-refractivity contribution in [3.8, 4) is 0 Å². The van der Waals surface area contributed by atoms with Crippen LogP contribution >= 0.6 is 0 Å². The van der Waals surface area contributed by atoms with E-state index in [0.717, 1.165) is 6.92 Å². The predicted molar refractivity (Wildman–Crippen MR) is 319 cm³/mol. The fourth-order valence-corrected chi connectivity index (χ4v) is 8.35. The van der Waals surface area contributed by atoms with E-state index in [1.165, 1.54) is 0 Å². The first kappa shape index (κ1) is 81.8. The van der Waals surface area contributed by atoms with E-state index in [4.69, 9.17) is 22.9 Å². The largest absolute Gasteiger partial charge is 0.481 e. The van der Waals surface area contributed by atoms with Crippen molar-refractivity contribution in [2.45, 2.75) is 206 Å². The molecule has 0 saturated heterocycles. The van der Waals surface area contributed by atoms with E-state index in [-0.39, 0.29) is 32.2 Å². The zero-order valence-electron chi connectivity index (χ0n) is 52.5. The molecule has 0 aliphatic heterocycles. The fourth-order valence-electron chi connectivity index (χ4n) is 8.35. The Balaban J connectivity index is 6.42. The van der Waals surface area contributed by atoms with Crippen LogP contribution in [0.5, 0.6) is 0 Å². The van der Waals surface area contributed by atoms with E-state index in [0.29, 0.717) is 12.8 Å². The van der Waals surface area contributed by atoms with Gasteiger partial charge in [0, 0.05) is 12.8 Å². The first-order valence-electron chi connectivity index (χ1n) is 29.7. The average Bonchev–Trinajstić information content (AvgIpc) is 1.22. The number of primary amides is 2. The van der Waals surface area contributed by atoms with Crippen LogP contribution < -0.4 is 81.4 Å². The van der Waals surface area contributed by atoms with Crippen LogP contribution in [0.25, 0.3) is 0 Å². The standard InChI is InChI=1S/C55H97N15O20/c1-10-27(7)42(69-46(80)30(15-17-37(57)74)61-48(82)34(21-38(58)75)64-51(85)41(59)26(5)6)52(86)60-22-39(76)68-44(29(9)73)54(88)65-33(20-25(3)4)47(81)67-35(23-71)49(83)62-31(16-18-40(77)78)45(79)66-36(24-72)50(84)70-43(28(8)11-2)53(87)63-32(55(89)90)14-12-13-19-56/h25-36,41-44,71-73H,10-24,56,59H2,1-9H3,(H2,57,74)(H2,58,75)(H,60,86)(H,61,82)(H,62,83)(H,63,87)(H,64,85)(H,65,88)(H,66,79)(H,67,81)(H,68,76)(H,69,80)(H,70,84)(H,77,78)(H,89,90)/t27-,28-,29+,30-,31-,32-,33-,34-,35-,36-,41-,42-,43-,44-/m0/s1. The van der Waals surface area contributed by atoms with Gasteiger partial charge in [-0.15, -0.1) is 0 Å². The summed E-state index contributed by atoms with van der Waals surface area (Å²) in [7, 11) is 0. The molecule has 35 heteroatoms. The molecule has 512 valence electrons. The number of hydrogen-bond donors (Lipinski definition) is 20. The Morgan fingerprint density at radius 1 is 0.444 bits per heavy atom. The van der Waals surface area contributed by atoms with Gasteiger partial charge in [0.1, 0.15) is 60.4 Å². The quantitative estimate of drug-likeness (QED) is 0.0252. The molecular weight excluding hydrogens is 1190 g/mol. The van der Waals surface area contributed by atoms with Crippen molar-refractivity contribution in [1.82, 2.24) is 58.5 Å². The number of nitrogens with one attached hydrogen (secondary N) is 11. The highest BCUT2D eigenvalue weighted by Gasteiger charge is 2.38. The first-order chi connectivity index (χ1) is 42.0. The van der Waals surface area contributed by atoms with Crippen LogP contribution in [0.3, 0.4) is 0 Å². The van der Waals surface area contributed by atoms with Gasteiger partial charge in [-0.3, -0.25) is 67.1 Å². The molecule has 90 heavy (non-hydrogen) atoms. The monoisotopic (exact) mass is 1290 g/mol. The van der Waals surface area contributed by atoms with Gasteiger partial charge in [0.25, 0.3) is 0 Å². The van der Waals surface area contributed by atoms with Gasteiger partial charge in [-0.2, -0.15) is 0 Å². The third kappa shape index (κ3) is 30.4. The van der Waals surface area contributed by atoms with Gasteiger partial charge < -0.3 is 107 Å². The summed E-state index contributed by atoms with van der Waals surface area (Å²) in [4.78, 5) is 196. The second-order valence-electron chi connectivity index (χ2n) is 22.7. The van der Waals surface area contributed by atoms with Crippen LogP contribution in [0, 0.1) is 23.7 Å². The number of carboxylic acid groups (broad SMARTS) is 2. The molecule has 35 nitrogen and oxygen atoms in total. The molecule has 0 aliphatic carbocycles. The number of aliphatic hydroxyl groups is 3. The van der Waals surface area contributed by atoms with Crippen molar-refractivity contribution in [1.29, 1.82) is 0 Å². The Labute approximate surface area is 521 Å². The van der Waals surface area contributed by atoms with Crippen LogP contribution in [0.4, 0.5) is 0 Å². The summed E-state index contributed by atoms with van der Waals surface area (Å²) in [5, 5.41) is 75.7. The Morgan fingerprint density at radius 3 is 1.29 bits per heavy atom. The lowest BCUT2D eigenvalue weighted by molar-refractivity contribution is -0.143. The van der Waals surface area contributed by atoms with E-state index in [1.54, 1.807) is 55.4 Å². The predicted octanol–water partition coefficient (Wildman–Crippen LogP) is -7.34. The normalized spacial score (nSPS) is 15.9. The van der Waals surface area contributed by atoms with E-state index < -0.39 is 237 Å². The lowest BCUT2D eigenvalue weighted by Gasteiger charge is -2.29. The number of amides is 13. The van der Waals surface area contributed by atoms with Gasteiger partial charge in [0.2, 0.25) is 76.8 Å². The lowest BCUT2D eigenvalue weighted by atomic mass is 9.97. The van der Waals surface area contributed by atoms with E-state index in [2.05, 4.69) is 58.5 Å². The highest BCUT2D eigenvalue weighted by Crippen LogP contribution is 2.14. The number of carbonyl (C=O) groups excluding carboxylic acids is 13. The second-order valence-corrected chi connectivity index (χ2v) is 22.7. The molecule has 0 aromatic rings. The highest BCUT2D eigenvalue weighted by atomic mass is 16.4. The summed E-state index contributed by atoms with van der Waals surface area (Å²) in [5.74, 6) is -18.6. The van der Waals surface area contributed by atoms with Gasteiger partial charge in [-0.1, -0.05) is 68.2 Å². The Kier molecular flexibility index (Phi) is 38.2. The molecule has 0 fully saturated rings. The molecule has 0 aromatic heterocycles. The van der Waals surface area contributed by atoms with Crippen molar-refractivity contribution < 1.29 is 97.5 Å². The minimum Gasteiger partial charge on any atom is -0.481 e. The number of nitrogens with two attached hydrogens (primary N) is 4. The summed E-state index contributed by atoms with van der Waals surface area (Å²) in [5.41, 5.74) is 22.0. The first-order valence-corrected chi connectivity index (χ1v) is 29.7. The van der Waals surface area contributed by atoms with Crippen molar-refractivity contribution in [2.24, 2.45) is 46.6 Å². The molecule has 0 bridgehead atoms. The van der Waals surface area contributed by atoms with Crippen LogP contribution in [0.2, 0.25) is 0 Å². The zero-order valence-corrected chi connectivity index (χ0v) is 52.5. The van der Waals surface area contributed by atoms with E-state index in [9.17, 15) is 97.5 Å². The van der Waals surface area contributed by atoms with Gasteiger partial charge in [0.15, 0.2) is 0 Å². The second kappa shape index (κ2) is 42.0. The average molecular weight is 1290 g/mol. The molecule has 0 rings (SSSR count). The minimum atomic E-state index is -1.92. The smallest absolute Gasteiger partial charge is 0.326 e. The van der Waals surface area contributed by atoms with Crippen molar-refractivity contribution in [3.63, 3.8) is 0 Å². The maximum Gasteiger partial charge on any atom is 0.326 e. The SMILES string of the molecule is CC[C@H](C)[C@H](NC(=O)[C@H](CCC(N)=O)NC(=O)[C@H](CC(N)=O)NC(=O)[C@@H](N)C(C)C)C(=O)NCC(=O)N[C@H](C(=O)N[C@@H](CC(C)C)C(=O)N[C@@H](CO)C(=O)N[C@@H](CCC(=O)O)C(=O)N[C@@H](CO)C(=O)N[C@H](C(=O)N[C@@H](CCCCN)C(=O)O)[C@@H](C)CC)[C@@H](C)O. The summed E-state index contributed by atoms with van der Waals surface area (Å²) in [6.45, 7) is 11.2. The van der Waals surface area contributed by atoms with Crippen LogP contribution in [-0.4, -0.2) is 213 Å². The lowest BCUT2D eigenvalue weighted by Crippen LogP contribution is -2.62. The summed E-state index contributed by atoms with van der Waals surface area (Å²) < 4.78 is 0. The molecule has 0 radical (unpaired) electrons. The van der Waals surface area contributed by atoms with Gasteiger partial charge in [-0.25, -0.2) is 4.79 Å². The van der Waals surface area contributed by atoms with Crippen molar-refractivity contribution >= 4 is 88.7 Å². The molecule has 0 aliphatic rings. The Morgan fingerprint density at radius 2 is 0.856 bits per heavy atom. The topological polar surface area (TPSA) is 594 Å². The van der Waals surface area contributed by atoms with E-state index in [1.807, 2.05) is 0 Å². The number of hydrogen-bond acceptors (Lipinski definition) is 20.